The van der Waals surface area contributed by atoms with Crippen LogP contribution in [-0.2, 0) is 65.4 Å². The Kier molecular flexibility index (Phi) is 50.6. The molecule has 0 rings (SSSR count). The van der Waals surface area contributed by atoms with Gasteiger partial charge < -0.3 is 33.8 Å². The number of aliphatic hydroxyl groups excluding tert-OH is 1. The zero-order chi connectivity index (χ0) is 58.0. The molecule has 0 fully saturated rings. The first-order chi connectivity index (χ1) is 37.4. The first-order valence-electron chi connectivity index (χ1n) is 31.0. The number of phosphoric ester groups is 2. The van der Waals surface area contributed by atoms with Crippen LogP contribution in [0.15, 0.2) is 0 Å². The molecule has 0 bridgehead atoms. The molecule has 5 atom stereocenters. The summed E-state index contributed by atoms with van der Waals surface area (Å²) in [7, 11) is -9.87. The Bertz CT molecular complexity index is 1550. The molecule has 0 aliphatic carbocycles. The van der Waals surface area contributed by atoms with Gasteiger partial charge in [0, 0.05) is 25.7 Å². The normalized spacial score (nSPS) is 14.4. The Labute approximate surface area is 473 Å². The van der Waals surface area contributed by atoms with Crippen molar-refractivity contribution >= 4 is 39.5 Å². The number of unbranched alkanes of at least 4 members (excludes halogenated alkanes) is 28. The largest absolute Gasteiger partial charge is 0.472 e. The Balaban J connectivity index is 5.23. The smallest absolute Gasteiger partial charge is 0.462 e. The second-order valence-electron chi connectivity index (χ2n) is 22.3. The Hall–Kier alpha value is -1.94. The lowest BCUT2D eigenvalue weighted by molar-refractivity contribution is -0.161. The minimum atomic E-state index is -4.94. The molecule has 78 heavy (non-hydrogen) atoms. The van der Waals surface area contributed by atoms with Crippen LogP contribution in [0.3, 0.4) is 0 Å². The van der Waals surface area contributed by atoms with Crippen LogP contribution >= 0.6 is 15.6 Å². The maximum Gasteiger partial charge on any atom is 0.472 e. The molecule has 3 N–H and O–H groups in total. The Morgan fingerprint density at radius 2 is 0.590 bits per heavy atom. The van der Waals surface area contributed by atoms with Crippen LogP contribution in [0.2, 0.25) is 0 Å². The molecule has 0 aliphatic rings. The molecule has 0 heterocycles. The Morgan fingerprint density at radius 1 is 0.346 bits per heavy atom. The molecule has 0 aromatic heterocycles. The van der Waals surface area contributed by atoms with Crippen LogP contribution < -0.4 is 0 Å². The van der Waals surface area contributed by atoms with Crippen LogP contribution in [0, 0.1) is 11.8 Å². The molecule has 0 radical (unpaired) electrons. The van der Waals surface area contributed by atoms with Gasteiger partial charge in [0.1, 0.15) is 19.3 Å². The van der Waals surface area contributed by atoms with Crippen LogP contribution in [-0.4, -0.2) is 96.7 Å². The molecule has 0 spiro atoms. The molecule has 0 aromatic carbocycles. The molecule has 17 nitrogen and oxygen atoms in total. The van der Waals surface area contributed by atoms with E-state index in [4.69, 9.17) is 37.0 Å². The molecule has 462 valence electrons. The summed E-state index contributed by atoms with van der Waals surface area (Å²) >= 11 is 0. The van der Waals surface area contributed by atoms with Crippen LogP contribution in [0.25, 0.3) is 0 Å². The monoisotopic (exact) mass is 1160 g/mol. The van der Waals surface area contributed by atoms with Crippen molar-refractivity contribution < 1.29 is 80.2 Å². The third-order valence-electron chi connectivity index (χ3n) is 13.5. The summed E-state index contributed by atoms with van der Waals surface area (Å²) in [5.41, 5.74) is 0. The maximum absolute atomic E-state index is 12.9. The first-order valence-corrected chi connectivity index (χ1v) is 34.0. The van der Waals surface area contributed by atoms with Crippen LogP contribution in [0.5, 0.6) is 0 Å². The molecular weight excluding hydrogens is 1040 g/mol. The van der Waals surface area contributed by atoms with Crippen molar-refractivity contribution in [2.75, 3.05) is 39.6 Å². The second kappa shape index (κ2) is 51.9. The number of hydrogen-bond acceptors (Lipinski definition) is 15. The molecule has 19 heteroatoms. The predicted octanol–water partition coefficient (Wildman–Crippen LogP) is 15.7. The van der Waals surface area contributed by atoms with E-state index < -0.39 is 97.5 Å². The van der Waals surface area contributed by atoms with Crippen molar-refractivity contribution in [3.63, 3.8) is 0 Å². The van der Waals surface area contributed by atoms with E-state index in [9.17, 15) is 43.2 Å². The summed E-state index contributed by atoms with van der Waals surface area (Å²) in [6.07, 6.45) is 32.3. The molecular formula is C59H114O17P2. The third-order valence-corrected chi connectivity index (χ3v) is 15.4. The second-order valence-corrected chi connectivity index (χ2v) is 25.2. The lowest BCUT2D eigenvalue weighted by Crippen LogP contribution is -2.30. The summed E-state index contributed by atoms with van der Waals surface area (Å²) in [5, 5.41) is 10.5. The summed E-state index contributed by atoms with van der Waals surface area (Å²) in [5.74, 6) is -0.746. The maximum atomic E-state index is 12.9. The molecule has 0 aromatic rings. The van der Waals surface area contributed by atoms with Crippen molar-refractivity contribution in [1.29, 1.82) is 0 Å². The van der Waals surface area contributed by atoms with E-state index in [1.54, 1.807) is 0 Å². The number of hydrogen-bond donors (Lipinski definition) is 3. The van der Waals surface area contributed by atoms with Gasteiger partial charge >= 0.3 is 39.5 Å². The standard InChI is InChI=1S/C59H114O17P2/c1-7-9-11-13-15-17-18-24-31-37-43-58(63)75-54(47-69-56(61)41-35-29-23-16-14-12-10-8-2)49-73-77(65,66)71-45-53(60)46-72-78(67,68)74-50-55(76-59(64)44-38-32-26-20-22-28-34-40-52(5)6)48-70-57(62)42-36-30-25-19-21-27-33-39-51(3)4/h51-55,60H,7-50H2,1-6H3,(H,65,66)(H,67,68)/t53-,54+,55+/m0/s1. The fraction of sp³-hybridized carbons (Fsp3) is 0.932. The van der Waals surface area contributed by atoms with E-state index in [0.29, 0.717) is 37.5 Å². The highest BCUT2D eigenvalue weighted by Gasteiger charge is 2.30. The first kappa shape index (κ1) is 76.1. The van der Waals surface area contributed by atoms with E-state index in [2.05, 4.69) is 41.5 Å². The third kappa shape index (κ3) is 53.4. The highest BCUT2D eigenvalue weighted by Crippen LogP contribution is 2.45. The fourth-order valence-corrected chi connectivity index (χ4v) is 10.2. The van der Waals surface area contributed by atoms with Gasteiger partial charge in [0.25, 0.3) is 0 Å². The van der Waals surface area contributed by atoms with E-state index in [1.807, 2.05) is 0 Å². The quantitative estimate of drug-likeness (QED) is 0.0222. The zero-order valence-corrected chi connectivity index (χ0v) is 51.7. The summed E-state index contributed by atoms with van der Waals surface area (Å²) in [4.78, 5) is 71.8. The van der Waals surface area contributed by atoms with Gasteiger partial charge in [0.2, 0.25) is 0 Å². The van der Waals surface area contributed by atoms with E-state index >= 15 is 0 Å². The van der Waals surface area contributed by atoms with Gasteiger partial charge in [-0.2, -0.15) is 0 Å². The van der Waals surface area contributed by atoms with Gasteiger partial charge in [0.05, 0.1) is 26.4 Å². The number of phosphoric acid groups is 2. The molecule has 0 saturated heterocycles. The number of esters is 4. The van der Waals surface area contributed by atoms with Crippen LogP contribution in [0.1, 0.15) is 286 Å². The molecule has 0 amide bonds. The van der Waals surface area contributed by atoms with Gasteiger partial charge in [-0.25, -0.2) is 9.13 Å². The van der Waals surface area contributed by atoms with Crippen molar-refractivity contribution in [3.8, 4) is 0 Å². The van der Waals surface area contributed by atoms with E-state index in [1.165, 1.54) is 89.9 Å². The SMILES string of the molecule is CCCCCCCCCCCCC(=O)O[C@H](COC(=O)CCCCCCCCCC)COP(=O)(O)OC[C@H](O)COP(=O)(O)OC[C@@H](COC(=O)CCCCCCCCCC(C)C)OC(=O)CCCCCCCCCC(C)C. The average Bonchev–Trinajstić information content (AvgIpc) is 3.39. The Morgan fingerprint density at radius 3 is 0.872 bits per heavy atom. The highest BCUT2D eigenvalue weighted by molar-refractivity contribution is 7.47. The van der Waals surface area contributed by atoms with Crippen molar-refractivity contribution in [2.24, 2.45) is 11.8 Å². The van der Waals surface area contributed by atoms with Gasteiger partial charge in [0.15, 0.2) is 12.2 Å². The summed E-state index contributed by atoms with van der Waals surface area (Å²) < 4.78 is 67.7. The number of rotatable bonds is 58. The molecule has 0 aliphatic heterocycles. The number of carbonyl (C=O) groups is 4. The van der Waals surface area contributed by atoms with Gasteiger partial charge in [-0.15, -0.1) is 0 Å². The number of ether oxygens (including phenoxy) is 4. The van der Waals surface area contributed by atoms with Crippen molar-refractivity contribution in [1.82, 2.24) is 0 Å². The number of aliphatic hydroxyl groups is 1. The predicted molar refractivity (Wildman–Crippen MR) is 308 cm³/mol. The lowest BCUT2D eigenvalue weighted by Gasteiger charge is -2.21. The highest BCUT2D eigenvalue weighted by atomic mass is 31.2. The number of carbonyl (C=O) groups excluding carboxylic acids is 4. The van der Waals surface area contributed by atoms with E-state index in [-0.39, 0.29) is 25.7 Å². The summed E-state index contributed by atoms with van der Waals surface area (Å²) in [6, 6.07) is 0. The minimum Gasteiger partial charge on any atom is -0.462 e. The van der Waals surface area contributed by atoms with Gasteiger partial charge in [-0.05, 0) is 37.5 Å². The topological polar surface area (TPSA) is 237 Å². The molecule has 0 saturated carbocycles. The van der Waals surface area contributed by atoms with E-state index in [0.717, 1.165) is 103 Å². The lowest BCUT2D eigenvalue weighted by atomic mass is 10.0. The van der Waals surface area contributed by atoms with Crippen molar-refractivity contribution in [3.05, 3.63) is 0 Å². The van der Waals surface area contributed by atoms with Crippen LogP contribution in [0.4, 0.5) is 0 Å². The zero-order valence-electron chi connectivity index (χ0n) is 50.0. The molecule has 2 unspecified atom stereocenters. The minimum absolute atomic E-state index is 0.102. The average molecular weight is 1160 g/mol. The van der Waals surface area contributed by atoms with Gasteiger partial charge in [-0.1, -0.05) is 234 Å². The summed E-state index contributed by atoms with van der Waals surface area (Å²) in [6.45, 7) is 9.30. The fourth-order valence-electron chi connectivity index (χ4n) is 8.65. The van der Waals surface area contributed by atoms with Crippen molar-refractivity contribution in [2.45, 2.75) is 304 Å². The van der Waals surface area contributed by atoms with Gasteiger partial charge in [-0.3, -0.25) is 37.3 Å².